The third kappa shape index (κ3) is 15.6. The number of hydrogen-bond donors (Lipinski definition) is 7. The van der Waals surface area contributed by atoms with E-state index < -0.39 is 98.1 Å². The summed E-state index contributed by atoms with van der Waals surface area (Å²) in [7, 11) is -2.26. The zero-order valence-electron chi connectivity index (χ0n) is 49.7. The van der Waals surface area contributed by atoms with Crippen LogP contribution in [0.4, 0.5) is 13.6 Å². The molecule has 1 aromatic heterocycles. The summed E-state index contributed by atoms with van der Waals surface area (Å²) < 4.78 is 38.7. The summed E-state index contributed by atoms with van der Waals surface area (Å²) in [4.78, 5) is 160. The molecule has 27 heteroatoms. The molecule has 4 fully saturated rings. The number of rotatable bonds is 18. The highest BCUT2D eigenvalue weighted by Gasteiger charge is 2.47. The molecule has 0 radical (unpaired) electrons. The van der Waals surface area contributed by atoms with E-state index in [0.29, 0.717) is 48.2 Å². The molecular weight excluding hydrogens is 1200 g/mol. The van der Waals surface area contributed by atoms with Gasteiger partial charge in [0.2, 0.25) is 41.4 Å². The number of halogens is 2. The minimum atomic E-state index is -4.08. The Labute approximate surface area is 517 Å². The highest BCUT2D eigenvalue weighted by molar-refractivity contribution is 7.39. The minimum absolute atomic E-state index is 0.0123. The smallest absolute Gasteiger partial charge is 0.409 e. The largest absolute Gasteiger partial charge is 0.453 e. The van der Waals surface area contributed by atoms with Gasteiger partial charge in [-0.25, -0.2) is 9.32 Å². The third-order valence-corrected chi connectivity index (χ3v) is 18.6. The summed E-state index contributed by atoms with van der Waals surface area (Å²) in [5.41, 5.74) is 8.41. The third-order valence-electron chi connectivity index (χ3n) is 17.1. The van der Waals surface area contributed by atoms with Crippen LogP contribution < -0.4 is 27.0 Å². The van der Waals surface area contributed by atoms with Crippen LogP contribution in [0.2, 0.25) is 0 Å². The lowest BCUT2D eigenvalue weighted by molar-refractivity contribution is -0.189. The van der Waals surface area contributed by atoms with Crippen LogP contribution in [0.5, 0.6) is 0 Å². The van der Waals surface area contributed by atoms with Gasteiger partial charge in [0.25, 0.3) is 11.8 Å². The number of thiophene rings is 1. The molecule has 0 saturated carbocycles. The van der Waals surface area contributed by atoms with Crippen LogP contribution in [-0.2, 0) is 67.3 Å². The van der Waals surface area contributed by atoms with Gasteiger partial charge in [0.05, 0.1) is 24.1 Å². The molecule has 5 aliphatic rings. The Kier molecular flexibility index (Phi) is 20.5. The molecule has 10 amide bonds. The number of likely N-dealkylation sites (tertiary alicyclic amines) is 1. The number of methoxy groups -OCH3 is 1. The average molecular weight is 1270 g/mol. The van der Waals surface area contributed by atoms with Crippen molar-refractivity contribution in [3.05, 3.63) is 105 Å². The first kappa shape index (κ1) is 65.5. The highest BCUT2D eigenvalue weighted by Crippen LogP contribution is 2.43. The molecule has 1 unspecified atom stereocenters. The molecule has 89 heavy (non-hydrogen) atoms. The second kappa shape index (κ2) is 27.8. The van der Waals surface area contributed by atoms with E-state index >= 15 is 0 Å². The van der Waals surface area contributed by atoms with E-state index in [9.17, 15) is 56.7 Å². The van der Waals surface area contributed by atoms with Crippen LogP contribution in [-0.4, -0.2) is 158 Å². The van der Waals surface area contributed by atoms with Crippen LogP contribution in [0, 0.1) is 17.8 Å². The van der Waals surface area contributed by atoms with Gasteiger partial charge >= 0.3 is 20.8 Å². The predicted molar refractivity (Wildman–Crippen MR) is 321 cm³/mol. The van der Waals surface area contributed by atoms with E-state index in [1.807, 2.05) is 30.3 Å². The molecule has 0 spiro atoms. The maximum Gasteiger partial charge on any atom is 0.409 e. The van der Waals surface area contributed by atoms with Crippen molar-refractivity contribution in [3.63, 3.8) is 0 Å². The summed E-state index contributed by atoms with van der Waals surface area (Å²) in [6.45, 7) is 6.85. The van der Waals surface area contributed by atoms with Crippen LogP contribution in [0.1, 0.15) is 139 Å². The van der Waals surface area contributed by atoms with Gasteiger partial charge in [0, 0.05) is 73.7 Å². The molecule has 8 N–H and O–H groups in total. The van der Waals surface area contributed by atoms with Gasteiger partial charge in [-0.2, -0.15) is 8.78 Å². The van der Waals surface area contributed by atoms with Gasteiger partial charge < -0.3 is 55.8 Å². The number of nitrogens with zero attached hydrogens (tertiary/aromatic N) is 4. The number of benzene rings is 3. The molecule has 9 rings (SSSR count). The molecule has 3 aromatic carbocycles. The number of alkyl halides is 2. The molecular formula is C62H72F2N9O14PS. The van der Waals surface area contributed by atoms with E-state index in [1.54, 1.807) is 17.0 Å². The topological polar surface area (TPSA) is 317 Å². The van der Waals surface area contributed by atoms with Crippen LogP contribution >= 0.6 is 19.9 Å². The number of primary amides is 1. The summed E-state index contributed by atoms with van der Waals surface area (Å²) in [6, 6.07) is 11.0. The minimum Gasteiger partial charge on any atom is -0.453 e. The number of ether oxygens (including phenoxy) is 1. The molecule has 5 aliphatic heterocycles. The molecule has 0 bridgehead atoms. The Hall–Kier alpha value is -7.95. The van der Waals surface area contributed by atoms with Crippen molar-refractivity contribution >= 4 is 89.3 Å². The van der Waals surface area contributed by atoms with E-state index in [2.05, 4.69) is 58.4 Å². The number of imide groups is 1. The van der Waals surface area contributed by atoms with Gasteiger partial charge in [-0.3, -0.25) is 48.5 Å². The summed E-state index contributed by atoms with van der Waals surface area (Å²) >= 11 is 0.908. The molecule has 0 aliphatic carbocycles. The predicted octanol–water partition coefficient (Wildman–Crippen LogP) is 4.72. The number of piperidine rings is 2. The van der Waals surface area contributed by atoms with Gasteiger partial charge in [-0.05, 0) is 121 Å². The first-order chi connectivity index (χ1) is 42.3. The van der Waals surface area contributed by atoms with E-state index in [1.165, 1.54) is 26.8 Å². The zero-order chi connectivity index (χ0) is 64.1. The van der Waals surface area contributed by atoms with Gasteiger partial charge in [-0.15, -0.1) is 11.3 Å². The number of nitrogens with two attached hydrogens (primary N) is 1. The Bertz CT molecular complexity index is 3490. The number of amides is 10. The fourth-order valence-corrected chi connectivity index (χ4v) is 13.5. The van der Waals surface area contributed by atoms with Crippen LogP contribution in [0.25, 0.3) is 10.1 Å². The summed E-state index contributed by atoms with van der Waals surface area (Å²) in [6.07, 6.45) is -1.83. The molecule has 4 saturated heterocycles. The second-order valence-electron chi connectivity index (χ2n) is 24.1. The summed E-state index contributed by atoms with van der Waals surface area (Å²) in [5.74, 6) is 1.35. The fourth-order valence-electron chi connectivity index (χ4n) is 12.2. The zero-order valence-corrected chi connectivity index (χ0v) is 51.4. The van der Waals surface area contributed by atoms with Crippen molar-refractivity contribution in [1.82, 2.24) is 40.9 Å². The molecule has 23 nitrogen and oxygen atoms in total. The standard InChI is InChI=1S/C62H72F2N9O14PS/c1-61(2,3)39-14-12-36(13-15-39)30-45(58(81)70-27-24-35(25-28-70)8-5-6-9-37-10-7-11-42-43(37)33-72(57(42)80)47-20-23-52(75)69-54(47)77)67-53(76)44(18-22-51(65)74)66-55(78)48-19-17-41-26-29-71(60(83)86-4)34-46(59(82)73(41)48)68-56(79)50-32-38-31-40(16-21-49(38)89-50)62(63,64)87-88(84)85/h7,10-16,21,31-32,35,41,44-48,84-85H,5,8,17-20,22-30,33-34H2,1-4H3,(H2,65,74)(H,66,78)(H,67,76)(H,68,79)(H,69,75,77)/t41-,44+,45+,46+,47?,48+/m1/s1. The Morgan fingerprint density at radius 3 is 2.28 bits per heavy atom. The Balaban J connectivity index is 0.874. The SMILES string of the molecule is COC(=O)N1CC[C@H]2CC[C@@H](C(=O)N[C@@H](CCC(N)=O)C(=O)N[C@@H](Cc3ccc(C(C)(C)C)cc3)C(=O)N3CCC(CCC#Cc4cccc5c4CN(C4CCC(=O)NC4=O)C5=O)CC3)N2C(=O)[C@@H](NC(=O)c2cc3cc(C(F)(F)OP(O)O)ccc3s2)C1. The highest BCUT2D eigenvalue weighted by atomic mass is 32.1. The van der Waals surface area contributed by atoms with Crippen LogP contribution in [0.3, 0.4) is 0 Å². The van der Waals surface area contributed by atoms with Gasteiger partial charge in [0.15, 0.2) is 0 Å². The Morgan fingerprint density at radius 2 is 1.60 bits per heavy atom. The van der Waals surface area contributed by atoms with Crippen molar-refractivity contribution in [2.75, 3.05) is 33.3 Å². The number of carbonyl (C=O) groups excluding carboxylic acids is 10. The lowest BCUT2D eigenvalue weighted by atomic mass is 9.86. The van der Waals surface area contributed by atoms with Crippen molar-refractivity contribution in [2.24, 2.45) is 11.7 Å². The van der Waals surface area contributed by atoms with Crippen molar-refractivity contribution in [2.45, 2.75) is 152 Å². The molecule has 4 aromatic rings. The van der Waals surface area contributed by atoms with Gasteiger partial charge in [0.1, 0.15) is 30.2 Å². The lowest BCUT2D eigenvalue weighted by Crippen LogP contribution is -2.62. The average Bonchev–Trinajstić information content (AvgIpc) is 2.48. The quantitative estimate of drug-likeness (QED) is 0.0403. The number of hydrogen-bond acceptors (Lipinski definition) is 15. The van der Waals surface area contributed by atoms with Crippen molar-refractivity contribution < 1.29 is 75.8 Å². The molecule has 6 atom stereocenters. The van der Waals surface area contributed by atoms with E-state index in [4.69, 9.17) is 20.3 Å². The fraction of sp³-hybridized carbons (Fsp3) is 0.484. The first-order valence-corrected chi connectivity index (χ1v) is 31.5. The maximum absolute atomic E-state index is 14.8. The van der Waals surface area contributed by atoms with Crippen molar-refractivity contribution in [3.8, 4) is 11.8 Å². The lowest BCUT2D eigenvalue weighted by Gasteiger charge is -2.38. The molecule has 474 valence electrons. The van der Waals surface area contributed by atoms with Crippen LogP contribution in [0.15, 0.2) is 66.7 Å². The van der Waals surface area contributed by atoms with Crippen molar-refractivity contribution in [1.29, 1.82) is 0 Å². The van der Waals surface area contributed by atoms with E-state index in [-0.39, 0.29) is 110 Å². The van der Waals surface area contributed by atoms with Gasteiger partial charge in [-0.1, -0.05) is 62.9 Å². The summed E-state index contributed by atoms with van der Waals surface area (Å²) in [5, 5.41) is 10.8. The normalized spacial score (nSPS) is 20.6. The number of fused-ring (bicyclic) bond motifs is 3. The number of nitrogens with one attached hydrogen (secondary N) is 4. The maximum atomic E-state index is 14.8. The molecule has 6 heterocycles. The van der Waals surface area contributed by atoms with E-state index in [0.717, 1.165) is 53.7 Å². The number of carbonyl (C=O) groups is 10. The monoisotopic (exact) mass is 1270 g/mol. The Morgan fingerprint density at radius 1 is 0.876 bits per heavy atom. The second-order valence-corrected chi connectivity index (χ2v) is 25.8. The first-order valence-electron chi connectivity index (χ1n) is 29.6.